The summed E-state index contributed by atoms with van der Waals surface area (Å²) >= 11 is 0. The van der Waals surface area contributed by atoms with Gasteiger partial charge in [0.05, 0.1) is 52.5 Å². The molecule has 5 rings (SSSR count). The first-order chi connectivity index (χ1) is 16.5. The molecule has 0 bridgehead atoms. The van der Waals surface area contributed by atoms with Gasteiger partial charge in [-0.3, -0.25) is 4.99 Å². The lowest BCUT2D eigenvalue weighted by Gasteiger charge is -2.20. The van der Waals surface area contributed by atoms with E-state index in [2.05, 4.69) is 14.9 Å². The molecule has 0 saturated heterocycles. The van der Waals surface area contributed by atoms with Crippen molar-refractivity contribution in [3.05, 3.63) is 90.2 Å². The predicted octanol–water partition coefficient (Wildman–Crippen LogP) is 5.73. The normalized spacial score (nSPS) is 12.0. The molecule has 0 saturated carbocycles. The monoisotopic (exact) mass is 453 g/mol. The van der Waals surface area contributed by atoms with E-state index in [0.717, 1.165) is 44.8 Å². The molecule has 3 aromatic rings. The van der Waals surface area contributed by atoms with Crippen LogP contribution in [0.4, 0.5) is 15.8 Å². The van der Waals surface area contributed by atoms with Crippen LogP contribution in [0.2, 0.25) is 0 Å². The molecular formula is C27H24FN5O. The number of halogens is 1. The Balaban J connectivity index is 1.79. The van der Waals surface area contributed by atoms with Crippen molar-refractivity contribution in [3.8, 4) is 23.0 Å². The van der Waals surface area contributed by atoms with E-state index in [0.29, 0.717) is 5.88 Å². The first-order valence-electron chi connectivity index (χ1n) is 11.0. The zero-order chi connectivity index (χ0) is 23.7. The van der Waals surface area contributed by atoms with Gasteiger partial charge in [0.2, 0.25) is 5.88 Å². The fraction of sp³-hybridized carbons (Fsp3) is 0.148. The van der Waals surface area contributed by atoms with Crippen LogP contribution in [-0.2, 0) is 0 Å². The Morgan fingerprint density at radius 3 is 2.50 bits per heavy atom. The fourth-order valence-corrected chi connectivity index (χ4v) is 3.92. The van der Waals surface area contributed by atoms with Gasteiger partial charge in [0.25, 0.3) is 0 Å². The van der Waals surface area contributed by atoms with Gasteiger partial charge in [-0.2, -0.15) is 0 Å². The zero-order valence-corrected chi connectivity index (χ0v) is 19.2. The highest BCUT2D eigenvalue weighted by atomic mass is 19.1. The lowest BCUT2D eigenvalue weighted by Crippen LogP contribution is -2.16. The summed E-state index contributed by atoms with van der Waals surface area (Å²) in [5.41, 5.74) is 5.96. The number of nitrogens with one attached hydrogen (secondary N) is 1. The van der Waals surface area contributed by atoms with Gasteiger partial charge in [-0.1, -0.05) is 12.1 Å². The van der Waals surface area contributed by atoms with Crippen LogP contribution in [0.25, 0.3) is 28.1 Å². The van der Waals surface area contributed by atoms with E-state index in [9.17, 15) is 4.39 Å². The third-order valence-electron chi connectivity index (χ3n) is 5.41. The average molecular weight is 454 g/mol. The van der Waals surface area contributed by atoms with Crippen molar-refractivity contribution in [2.75, 3.05) is 12.4 Å². The predicted molar refractivity (Wildman–Crippen MR) is 132 cm³/mol. The number of benzene rings is 3. The molecule has 1 N–H and O–H groups in total. The quantitative estimate of drug-likeness (QED) is 0.346. The van der Waals surface area contributed by atoms with Crippen molar-refractivity contribution < 1.29 is 9.13 Å². The Bertz CT molecular complexity index is 1490. The second-order valence-corrected chi connectivity index (χ2v) is 8.21. The zero-order valence-electron chi connectivity index (χ0n) is 19.2. The van der Waals surface area contributed by atoms with Crippen molar-refractivity contribution in [2.24, 2.45) is 4.99 Å². The van der Waals surface area contributed by atoms with Crippen molar-refractivity contribution in [2.45, 2.75) is 19.9 Å². The number of para-hydroxylation sites is 2. The molecule has 0 amide bonds. The minimum Gasteiger partial charge on any atom is -0.481 e. The van der Waals surface area contributed by atoms with E-state index in [-0.39, 0.29) is 11.9 Å². The summed E-state index contributed by atoms with van der Waals surface area (Å²) in [5, 5.41) is 4.17. The highest BCUT2D eigenvalue weighted by Crippen LogP contribution is 2.30. The minimum absolute atomic E-state index is 0.0794. The molecule has 6 nitrogen and oxygen atoms in total. The highest BCUT2D eigenvalue weighted by molar-refractivity contribution is 5.84. The topological polar surface area (TPSA) is 64.3 Å². The number of methoxy groups -OCH3 is 1. The molecule has 1 aliphatic heterocycles. The van der Waals surface area contributed by atoms with Gasteiger partial charge in [-0.15, -0.1) is 0 Å². The number of fused-ring (bicyclic) bond motifs is 2. The van der Waals surface area contributed by atoms with Crippen LogP contribution in [0.1, 0.15) is 13.8 Å². The molecule has 1 aromatic heterocycles. The molecular weight excluding hydrogens is 429 g/mol. The van der Waals surface area contributed by atoms with E-state index >= 15 is 0 Å². The molecule has 2 aromatic carbocycles. The number of hydrogen-bond acceptors (Lipinski definition) is 5. The number of anilines is 2. The van der Waals surface area contributed by atoms with Crippen molar-refractivity contribution in [1.29, 1.82) is 0 Å². The Morgan fingerprint density at radius 1 is 1.00 bits per heavy atom. The second kappa shape index (κ2) is 8.94. The molecule has 2 heterocycles. The lowest BCUT2D eigenvalue weighted by atomic mass is 10.1. The molecule has 34 heavy (non-hydrogen) atoms. The summed E-state index contributed by atoms with van der Waals surface area (Å²) < 4.78 is 20.8. The van der Waals surface area contributed by atoms with Gasteiger partial charge in [0.15, 0.2) is 0 Å². The summed E-state index contributed by atoms with van der Waals surface area (Å²) in [6.07, 6.45) is 1.79. The largest absolute Gasteiger partial charge is 0.481 e. The van der Waals surface area contributed by atoms with E-state index < -0.39 is 0 Å². The summed E-state index contributed by atoms with van der Waals surface area (Å²) in [6, 6.07) is 22.2. The summed E-state index contributed by atoms with van der Waals surface area (Å²) in [4.78, 5) is 14.2. The third-order valence-corrected chi connectivity index (χ3v) is 5.41. The van der Waals surface area contributed by atoms with Gasteiger partial charge in [-0.25, -0.2) is 14.4 Å². The number of rotatable bonds is 5. The van der Waals surface area contributed by atoms with Gasteiger partial charge < -0.3 is 14.6 Å². The summed E-state index contributed by atoms with van der Waals surface area (Å²) in [6.45, 7) is 4.07. The van der Waals surface area contributed by atoms with Crippen LogP contribution in [0.3, 0.4) is 0 Å². The standard InChI is InChI=1S/C27H24FN5O/c1-17(2)30-23-15-26-24(14-22(23)31-19-10-8-18(28)9-11-19)32-21-6-4-5-7-25(21)33(26)20-12-13-27(34-3)29-16-20/h4-17,31H,1-3H3. The first-order valence-corrected chi connectivity index (χ1v) is 11.0. The number of aromatic nitrogens is 3. The average Bonchev–Trinajstić information content (AvgIpc) is 2.84. The first kappa shape index (κ1) is 21.6. The van der Waals surface area contributed by atoms with Crippen LogP contribution in [0, 0.1) is 5.82 Å². The smallest absolute Gasteiger partial charge is 0.213 e. The third kappa shape index (κ3) is 4.20. The molecule has 0 unspecified atom stereocenters. The summed E-state index contributed by atoms with van der Waals surface area (Å²) in [7, 11) is 1.60. The molecule has 0 radical (unpaired) electrons. The van der Waals surface area contributed by atoms with E-state index in [1.807, 2.05) is 62.4 Å². The second-order valence-electron chi connectivity index (χ2n) is 8.21. The van der Waals surface area contributed by atoms with E-state index in [4.69, 9.17) is 14.7 Å². The van der Waals surface area contributed by atoms with Gasteiger partial charge in [-0.05, 0) is 68.4 Å². The Hall–Kier alpha value is -4.26. The van der Waals surface area contributed by atoms with Crippen molar-refractivity contribution in [3.63, 3.8) is 0 Å². The van der Waals surface area contributed by atoms with E-state index in [1.54, 1.807) is 25.4 Å². The van der Waals surface area contributed by atoms with Crippen LogP contribution in [-0.4, -0.2) is 27.7 Å². The maximum Gasteiger partial charge on any atom is 0.213 e. The SMILES string of the molecule is COc1ccc(-n2c3cc(=NC(C)C)c(Nc4ccc(F)cc4)cc-3nc3ccccc32)cn1. The maximum absolute atomic E-state index is 13.4. The fourth-order valence-electron chi connectivity index (χ4n) is 3.92. The number of ether oxygens (including phenoxy) is 1. The van der Waals surface area contributed by atoms with Gasteiger partial charge in [0.1, 0.15) is 5.82 Å². The highest BCUT2D eigenvalue weighted by Gasteiger charge is 2.17. The minimum atomic E-state index is -0.279. The lowest BCUT2D eigenvalue weighted by molar-refractivity contribution is 0.398. The Labute approximate surface area is 196 Å². The molecule has 0 atom stereocenters. The molecule has 7 heteroatoms. The van der Waals surface area contributed by atoms with Crippen LogP contribution in [0.5, 0.6) is 5.88 Å². The molecule has 2 aliphatic rings. The van der Waals surface area contributed by atoms with Gasteiger partial charge in [0, 0.05) is 17.8 Å². The Kier molecular flexibility index (Phi) is 5.67. The van der Waals surface area contributed by atoms with Crippen LogP contribution in [0.15, 0.2) is 84.0 Å². The number of pyridine rings is 1. The van der Waals surface area contributed by atoms with Crippen LogP contribution < -0.4 is 15.4 Å². The molecule has 170 valence electrons. The Morgan fingerprint density at radius 2 is 1.79 bits per heavy atom. The van der Waals surface area contributed by atoms with Crippen molar-refractivity contribution >= 4 is 22.4 Å². The maximum atomic E-state index is 13.4. The number of hydrogen-bond donors (Lipinski definition) is 1. The van der Waals surface area contributed by atoms with Gasteiger partial charge >= 0.3 is 0 Å². The van der Waals surface area contributed by atoms with Crippen molar-refractivity contribution in [1.82, 2.24) is 14.5 Å². The van der Waals surface area contributed by atoms with Crippen LogP contribution >= 0.6 is 0 Å². The molecule has 0 spiro atoms. The number of nitrogens with zero attached hydrogens (tertiary/aromatic N) is 4. The van der Waals surface area contributed by atoms with E-state index in [1.165, 1.54) is 12.1 Å². The molecule has 1 aliphatic carbocycles. The summed E-state index contributed by atoms with van der Waals surface area (Å²) in [5.74, 6) is 0.270. The molecule has 0 fully saturated rings.